The van der Waals surface area contributed by atoms with Crippen LogP contribution < -0.4 is 14.8 Å². The lowest BCUT2D eigenvalue weighted by Crippen LogP contribution is -2.22. The summed E-state index contributed by atoms with van der Waals surface area (Å²) in [5.41, 5.74) is -0.355. The number of nitrogens with one attached hydrogen (secondary N) is 1. The maximum Gasteiger partial charge on any atom is 0.423 e. The van der Waals surface area contributed by atoms with Gasteiger partial charge in [-0.15, -0.1) is 0 Å². The van der Waals surface area contributed by atoms with E-state index in [2.05, 4.69) is 15.3 Å². The van der Waals surface area contributed by atoms with E-state index in [1.807, 2.05) is 0 Å². The molecule has 0 saturated heterocycles. The van der Waals surface area contributed by atoms with Crippen LogP contribution in [-0.2, 0) is 6.18 Å². The lowest BCUT2D eigenvalue weighted by Gasteiger charge is -2.24. The molecule has 1 saturated carbocycles. The molecule has 0 bridgehead atoms. The van der Waals surface area contributed by atoms with Crippen molar-refractivity contribution in [2.75, 3.05) is 12.4 Å². The van der Waals surface area contributed by atoms with Crippen LogP contribution in [0.2, 0.25) is 0 Å². The summed E-state index contributed by atoms with van der Waals surface area (Å²) in [5.74, 6) is 0.224. The van der Waals surface area contributed by atoms with Crippen molar-refractivity contribution >= 4 is 11.6 Å². The standard InChI is InChI=1S/C18H20F3N3O2/c1-25-14-9-5-6-12(10-14)23-17-22-11-15(18(19,20)21)16(24-17)26-13-7-3-2-4-8-13/h5-6,9-11,13H,2-4,7-8H2,1H3,(H,22,23,24). The van der Waals surface area contributed by atoms with E-state index in [0.29, 0.717) is 11.4 Å². The second kappa shape index (κ2) is 7.80. The molecule has 0 amide bonds. The molecule has 1 fully saturated rings. The highest BCUT2D eigenvalue weighted by Crippen LogP contribution is 2.37. The van der Waals surface area contributed by atoms with Gasteiger partial charge in [0.05, 0.1) is 7.11 Å². The first-order valence-corrected chi connectivity index (χ1v) is 8.47. The van der Waals surface area contributed by atoms with E-state index in [-0.39, 0.29) is 12.1 Å². The van der Waals surface area contributed by atoms with Gasteiger partial charge >= 0.3 is 6.18 Å². The van der Waals surface area contributed by atoms with Crippen molar-refractivity contribution in [3.8, 4) is 11.6 Å². The topological polar surface area (TPSA) is 56.3 Å². The SMILES string of the molecule is COc1cccc(Nc2ncc(C(F)(F)F)c(OC3CCCCC3)n2)c1. The first-order chi connectivity index (χ1) is 12.5. The Kier molecular flexibility index (Phi) is 5.49. The molecular formula is C18H20F3N3O2. The van der Waals surface area contributed by atoms with Crippen molar-refractivity contribution in [2.45, 2.75) is 44.4 Å². The normalized spacial score (nSPS) is 15.5. The number of aromatic nitrogens is 2. The Hall–Kier alpha value is -2.51. The summed E-state index contributed by atoms with van der Waals surface area (Å²) in [6.45, 7) is 0. The number of halogens is 3. The van der Waals surface area contributed by atoms with Gasteiger partial charge < -0.3 is 14.8 Å². The quantitative estimate of drug-likeness (QED) is 0.810. The average molecular weight is 367 g/mol. The van der Waals surface area contributed by atoms with E-state index in [4.69, 9.17) is 9.47 Å². The summed E-state index contributed by atoms with van der Waals surface area (Å²) in [6.07, 6.45) is 0.395. The summed E-state index contributed by atoms with van der Waals surface area (Å²) >= 11 is 0. The van der Waals surface area contributed by atoms with Crippen LogP contribution in [0.15, 0.2) is 30.5 Å². The minimum Gasteiger partial charge on any atom is -0.497 e. The Morgan fingerprint density at radius 2 is 1.92 bits per heavy atom. The van der Waals surface area contributed by atoms with E-state index >= 15 is 0 Å². The zero-order chi connectivity index (χ0) is 18.6. The van der Waals surface area contributed by atoms with Crippen molar-refractivity contribution in [1.29, 1.82) is 0 Å². The van der Waals surface area contributed by atoms with Crippen molar-refractivity contribution in [1.82, 2.24) is 9.97 Å². The molecule has 0 aliphatic heterocycles. The molecule has 0 spiro atoms. The van der Waals surface area contributed by atoms with E-state index in [1.165, 1.54) is 7.11 Å². The van der Waals surface area contributed by atoms with Crippen LogP contribution in [-0.4, -0.2) is 23.2 Å². The predicted octanol–water partition coefficient (Wildman–Crippen LogP) is 4.96. The van der Waals surface area contributed by atoms with Crippen molar-refractivity contribution in [3.63, 3.8) is 0 Å². The van der Waals surface area contributed by atoms with E-state index in [9.17, 15) is 13.2 Å². The Morgan fingerprint density at radius 1 is 1.15 bits per heavy atom. The number of anilines is 2. The van der Waals surface area contributed by atoms with Crippen LogP contribution in [0.3, 0.4) is 0 Å². The smallest absolute Gasteiger partial charge is 0.423 e. The number of alkyl halides is 3. The number of benzene rings is 1. The van der Waals surface area contributed by atoms with Crippen LogP contribution in [0, 0.1) is 0 Å². The fourth-order valence-electron chi connectivity index (χ4n) is 2.88. The lowest BCUT2D eigenvalue weighted by molar-refractivity contribution is -0.140. The second-order valence-electron chi connectivity index (χ2n) is 6.15. The fraction of sp³-hybridized carbons (Fsp3) is 0.444. The van der Waals surface area contributed by atoms with Gasteiger partial charge in [0.15, 0.2) is 0 Å². The van der Waals surface area contributed by atoms with Gasteiger partial charge in [0.2, 0.25) is 11.8 Å². The highest BCUT2D eigenvalue weighted by atomic mass is 19.4. The molecule has 1 aromatic heterocycles. The third kappa shape index (κ3) is 4.56. The van der Waals surface area contributed by atoms with E-state index in [1.54, 1.807) is 24.3 Å². The van der Waals surface area contributed by atoms with Gasteiger partial charge in [0.1, 0.15) is 17.4 Å². The Labute approximate surface area is 149 Å². The van der Waals surface area contributed by atoms with Gasteiger partial charge in [0.25, 0.3) is 0 Å². The summed E-state index contributed by atoms with van der Waals surface area (Å²) in [6, 6.07) is 6.95. The molecule has 5 nitrogen and oxygen atoms in total. The third-order valence-electron chi connectivity index (χ3n) is 4.22. The molecule has 0 radical (unpaired) electrons. The summed E-state index contributed by atoms with van der Waals surface area (Å²) in [7, 11) is 1.53. The van der Waals surface area contributed by atoms with Crippen molar-refractivity contribution in [2.24, 2.45) is 0 Å². The molecule has 8 heteroatoms. The fourth-order valence-corrected chi connectivity index (χ4v) is 2.88. The third-order valence-corrected chi connectivity index (χ3v) is 4.22. The first-order valence-electron chi connectivity index (χ1n) is 8.47. The van der Waals surface area contributed by atoms with E-state index < -0.39 is 17.6 Å². The number of rotatable bonds is 5. The highest BCUT2D eigenvalue weighted by molar-refractivity contribution is 5.56. The number of methoxy groups -OCH3 is 1. The monoisotopic (exact) mass is 367 g/mol. The Bertz CT molecular complexity index is 747. The average Bonchev–Trinajstić information content (AvgIpc) is 2.62. The minimum atomic E-state index is -4.57. The zero-order valence-corrected chi connectivity index (χ0v) is 14.3. The number of hydrogen-bond acceptors (Lipinski definition) is 5. The molecule has 26 heavy (non-hydrogen) atoms. The highest BCUT2D eigenvalue weighted by Gasteiger charge is 2.37. The van der Waals surface area contributed by atoms with Gasteiger partial charge in [-0.05, 0) is 37.8 Å². The molecule has 2 aromatic rings. The van der Waals surface area contributed by atoms with Gasteiger partial charge in [-0.1, -0.05) is 12.5 Å². The number of nitrogens with zero attached hydrogens (tertiary/aromatic N) is 2. The van der Waals surface area contributed by atoms with Crippen LogP contribution in [0.4, 0.5) is 24.8 Å². The minimum absolute atomic E-state index is 0.0389. The number of ether oxygens (including phenoxy) is 2. The lowest BCUT2D eigenvalue weighted by atomic mass is 9.98. The van der Waals surface area contributed by atoms with Crippen molar-refractivity contribution < 1.29 is 22.6 Å². The van der Waals surface area contributed by atoms with Gasteiger partial charge in [-0.25, -0.2) is 4.98 Å². The summed E-state index contributed by atoms with van der Waals surface area (Å²) in [4.78, 5) is 7.77. The first kappa shape index (κ1) is 18.3. The maximum absolute atomic E-state index is 13.3. The van der Waals surface area contributed by atoms with Gasteiger partial charge in [-0.2, -0.15) is 18.2 Å². The molecule has 0 atom stereocenters. The molecule has 1 aliphatic rings. The van der Waals surface area contributed by atoms with Crippen LogP contribution >= 0.6 is 0 Å². The molecule has 3 rings (SSSR count). The molecular weight excluding hydrogens is 347 g/mol. The molecule has 1 heterocycles. The molecule has 0 unspecified atom stereocenters. The number of hydrogen-bond donors (Lipinski definition) is 1. The van der Waals surface area contributed by atoms with Gasteiger partial charge in [0, 0.05) is 18.0 Å². The van der Waals surface area contributed by atoms with Crippen molar-refractivity contribution in [3.05, 3.63) is 36.0 Å². The molecule has 140 valence electrons. The Balaban J connectivity index is 1.85. The zero-order valence-electron chi connectivity index (χ0n) is 14.3. The van der Waals surface area contributed by atoms with Crippen LogP contribution in [0.1, 0.15) is 37.7 Å². The second-order valence-corrected chi connectivity index (χ2v) is 6.15. The van der Waals surface area contributed by atoms with E-state index in [0.717, 1.165) is 38.3 Å². The largest absolute Gasteiger partial charge is 0.497 e. The molecule has 1 aromatic carbocycles. The van der Waals surface area contributed by atoms with Crippen LogP contribution in [0.25, 0.3) is 0 Å². The summed E-state index contributed by atoms with van der Waals surface area (Å²) < 4.78 is 50.5. The van der Waals surface area contributed by atoms with Crippen LogP contribution in [0.5, 0.6) is 11.6 Å². The Morgan fingerprint density at radius 3 is 2.62 bits per heavy atom. The predicted molar refractivity (Wildman–Crippen MR) is 90.8 cm³/mol. The van der Waals surface area contributed by atoms with Gasteiger partial charge in [-0.3, -0.25) is 0 Å². The summed E-state index contributed by atoms with van der Waals surface area (Å²) in [5, 5.41) is 2.89. The maximum atomic E-state index is 13.3. The molecule has 1 N–H and O–H groups in total. The molecule has 1 aliphatic carbocycles.